The highest BCUT2D eigenvalue weighted by molar-refractivity contribution is 5.74. The van der Waals surface area contributed by atoms with E-state index in [1.807, 2.05) is 4.90 Å². The Bertz CT molecular complexity index is 223. The summed E-state index contributed by atoms with van der Waals surface area (Å²) in [5, 5.41) is 3.05. The van der Waals surface area contributed by atoms with Crippen LogP contribution in [0.15, 0.2) is 0 Å². The lowest BCUT2D eigenvalue weighted by atomic mass is 10.00. The van der Waals surface area contributed by atoms with Crippen molar-refractivity contribution >= 4 is 6.03 Å². The van der Waals surface area contributed by atoms with E-state index in [1.165, 1.54) is 32.1 Å². The zero-order valence-corrected chi connectivity index (χ0v) is 12.2. The van der Waals surface area contributed by atoms with Gasteiger partial charge in [-0.25, -0.2) is 4.79 Å². The molecule has 1 fully saturated rings. The van der Waals surface area contributed by atoms with Crippen molar-refractivity contribution in [3.63, 3.8) is 0 Å². The average molecular weight is 254 g/mol. The highest BCUT2D eigenvalue weighted by Gasteiger charge is 2.19. The highest BCUT2D eigenvalue weighted by atomic mass is 16.2. The van der Waals surface area contributed by atoms with Crippen LogP contribution in [0.1, 0.15) is 65.2 Å². The summed E-state index contributed by atoms with van der Waals surface area (Å²) in [5.74, 6) is 0.785. The number of hydrogen-bond acceptors (Lipinski definition) is 1. The summed E-state index contributed by atoms with van der Waals surface area (Å²) in [5.41, 5.74) is 0. The lowest BCUT2D eigenvalue weighted by Gasteiger charge is -2.30. The van der Waals surface area contributed by atoms with Gasteiger partial charge in [0.25, 0.3) is 0 Å². The predicted molar refractivity (Wildman–Crippen MR) is 76.7 cm³/mol. The molecule has 0 aromatic heterocycles. The highest BCUT2D eigenvalue weighted by Crippen LogP contribution is 2.15. The van der Waals surface area contributed by atoms with E-state index < -0.39 is 0 Å². The van der Waals surface area contributed by atoms with Crippen molar-refractivity contribution in [2.75, 3.05) is 19.6 Å². The monoisotopic (exact) mass is 254 g/mol. The van der Waals surface area contributed by atoms with Gasteiger partial charge in [-0.15, -0.1) is 0 Å². The Morgan fingerprint density at radius 2 is 1.72 bits per heavy atom. The molecule has 1 aliphatic rings. The molecule has 0 atom stereocenters. The number of piperidine rings is 1. The van der Waals surface area contributed by atoms with Gasteiger partial charge in [-0.1, -0.05) is 46.0 Å². The van der Waals surface area contributed by atoms with E-state index in [1.54, 1.807) is 0 Å². The summed E-state index contributed by atoms with van der Waals surface area (Å²) >= 11 is 0. The average Bonchev–Trinajstić information content (AvgIpc) is 2.38. The number of rotatable bonds is 7. The van der Waals surface area contributed by atoms with Gasteiger partial charge < -0.3 is 10.2 Å². The summed E-state index contributed by atoms with van der Waals surface area (Å²) < 4.78 is 0. The first-order chi connectivity index (χ1) is 8.74. The molecule has 3 heteroatoms. The second-order valence-electron chi connectivity index (χ2n) is 5.67. The molecule has 18 heavy (non-hydrogen) atoms. The molecular formula is C15H30N2O. The maximum Gasteiger partial charge on any atom is 0.317 e. The molecule has 0 aliphatic carbocycles. The topological polar surface area (TPSA) is 32.3 Å². The van der Waals surface area contributed by atoms with Crippen molar-refractivity contribution in [2.24, 2.45) is 5.92 Å². The third-order valence-corrected chi connectivity index (χ3v) is 3.88. The molecule has 106 valence electrons. The van der Waals surface area contributed by atoms with Gasteiger partial charge in [0, 0.05) is 19.6 Å². The van der Waals surface area contributed by atoms with E-state index in [2.05, 4.69) is 19.2 Å². The number of carbonyl (C=O) groups excluding carboxylic acids is 1. The normalized spacial score (nSPS) is 16.9. The van der Waals surface area contributed by atoms with Gasteiger partial charge in [0.15, 0.2) is 0 Å². The van der Waals surface area contributed by atoms with E-state index in [9.17, 15) is 4.79 Å². The Morgan fingerprint density at radius 3 is 2.39 bits per heavy atom. The number of likely N-dealkylation sites (tertiary alicyclic amines) is 1. The second kappa shape index (κ2) is 9.23. The van der Waals surface area contributed by atoms with E-state index >= 15 is 0 Å². The first-order valence-corrected chi connectivity index (χ1v) is 7.76. The quantitative estimate of drug-likeness (QED) is 0.689. The Kier molecular flexibility index (Phi) is 7.86. The number of carbonyl (C=O) groups is 1. The van der Waals surface area contributed by atoms with E-state index in [4.69, 9.17) is 0 Å². The fourth-order valence-electron chi connectivity index (χ4n) is 2.42. The molecule has 0 unspecified atom stereocenters. The van der Waals surface area contributed by atoms with Crippen LogP contribution in [-0.4, -0.2) is 30.6 Å². The second-order valence-corrected chi connectivity index (χ2v) is 5.67. The smallest absolute Gasteiger partial charge is 0.317 e. The fraction of sp³-hybridized carbons (Fsp3) is 0.933. The molecule has 1 saturated heterocycles. The van der Waals surface area contributed by atoms with Gasteiger partial charge in [-0.05, 0) is 25.2 Å². The van der Waals surface area contributed by atoms with Crippen LogP contribution in [0, 0.1) is 5.92 Å². The largest absolute Gasteiger partial charge is 0.338 e. The summed E-state index contributed by atoms with van der Waals surface area (Å²) in [7, 11) is 0. The first-order valence-electron chi connectivity index (χ1n) is 7.76. The molecule has 1 aliphatic heterocycles. The van der Waals surface area contributed by atoms with Gasteiger partial charge in [0.05, 0.1) is 0 Å². The number of nitrogens with zero attached hydrogens (tertiary/aromatic N) is 1. The van der Waals surface area contributed by atoms with Crippen LogP contribution in [0.4, 0.5) is 4.79 Å². The Labute approximate surface area is 112 Å². The van der Waals surface area contributed by atoms with Crippen LogP contribution in [0.2, 0.25) is 0 Å². The zero-order chi connectivity index (χ0) is 13.2. The van der Waals surface area contributed by atoms with Crippen molar-refractivity contribution in [3.8, 4) is 0 Å². The summed E-state index contributed by atoms with van der Waals surface area (Å²) in [6.45, 7) is 7.22. The molecule has 3 nitrogen and oxygen atoms in total. The Balaban J connectivity index is 1.96. The number of hydrogen-bond donors (Lipinski definition) is 1. The third-order valence-electron chi connectivity index (χ3n) is 3.88. The number of urea groups is 1. The van der Waals surface area contributed by atoms with Gasteiger partial charge in [-0.2, -0.15) is 0 Å². The molecule has 0 aromatic rings. The molecule has 0 saturated carbocycles. The minimum absolute atomic E-state index is 0.149. The van der Waals surface area contributed by atoms with E-state index in [0.717, 1.165) is 44.8 Å². The van der Waals surface area contributed by atoms with Gasteiger partial charge in [0.2, 0.25) is 0 Å². The van der Waals surface area contributed by atoms with Crippen molar-refractivity contribution in [1.29, 1.82) is 0 Å². The molecule has 0 radical (unpaired) electrons. The molecular weight excluding hydrogens is 224 g/mol. The molecule has 1 rings (SSSR count). The fourth-order valence-corrected chi connectivity index (χ4v) is 2.42. The maximum absolute atomic E-state index is 11.9. The third kappa shape index (κ3) is 6.27. The minimum atomic E-state index is 0.149. The van der Waals surface area contributed by atoms with Crippen molar-refractivity contribution in [2.45, 2.75) is 65.2 Å². The first kappa shape index (κ1) is 15.3. The molecule has 1 N–H and O–H groups in total. The van der Waals surface area contributed by atoms with Crippen LogP contribution < -0.4 is 5.32 Å². The Morgan fingerprint density at radius 1 is 1.11 bits per heavy atom. The SMILES string of the molecule is CCCCCCCCNC(=O)N1CCC(C)CC1. The van der Waals surface area contributed by atoms with Crippen molar-refractivity contribution in [3.05, 3.63) is 0 Å². The lowest BCUT2D eigenvalue weighted by Crippen LogP contribution is -2.44. The van der Waals surface area contributed by atoms with Crippen LogP contribution in [0.3, 0.4) is 0 Å². The number of unbranched alkanes of at least 4 members (excludes halogenated alkanes) is 5. The van der Waals surface area contributed by atoms with Crippen LogP contribution in [-0.2, 0) is 0 Å². The molecule has 1 heterocycles. The number of amides is 2. The zero-order valence-electron chi connectivity index (χ0n) is 12.2. The summed E-state index contributed by atoms with van der Waals surface area (Å²) in [4.78, 5) is 13.8. The van der Waals surface area contributed by atoms with Crippen LogP contribution in [0.5, 0.6) is 0 Å². The van der Waals surface area contributed by atoms with Crippen molar-refractivity contribution < 1.29 is 4.79 Å². The van der Waals surface area contributed by atoms with E-state index in [-0.39, 0.29) is 6.03 Å². The Hall–Kier alpha value is -0.730. The maximum atomic E-state index is 11.9. The summed E-state index contributed by atoms with van der Waals surface area (Å²) in [6.07, 6.45) is 9.98. The number of nitrogens with one attached hydrogen (secondary N) is 1. The van der Waals surface area contributed by atoms with E-state index in [0.29, 0.717) is 0 Å². The predicted octanol–water partition coefficient (Wildman–Crippen LogP) is 3.79. The molecule has 0 aromatic carbocycles. The van der Waals surface area contributed by atoms with Crippen LogP contribution >= 0.6 is 0 Å². The lowest BCUT2D eigenvalue weighted by molar-refractivity contribution is 0.174. The van der Waals surface area contributed by atoms with Gasteiger partial charge in [-0.3, -0.25) is 0 Å². The molecule has 0 bridgehead atoms. The van der Waals surface area contributed by atoms with Crippen molar-refractivity contribution in [1.82, 2.24) is 10.2 Å². The summed E-state index contributed by atoms with van der Waals surface area (Å²) in [6, 6.07) is 0.149. The van der Waals surface area contributed by atoms with Gasteiger partial charge in [0.1, 0.15) is 0 Å². The molecule has 0 spiro atoms. The van der Waals surface area contributed by atoms with Gasteiger partial charge >= 0.3 is 6.03 Å². The standard InChI is InChI=1S/C15H30N2O/c1-3-4-5-6-7-8-11-16-15(18)17-12-9-14(2)10-13-17/h14H,3-13H2,1-2H3,(H,16,18). The minimum Gasteiger partial charge on any atom is -0.338 e. The van der Waals surface area contributed by atoms with Crippen LogP contribution in [0.25, 0.3) is 0 Å². The molecule has 2 amide bonds.